The Hall–Kier alpha value is -0.900. The molecule has 0 saturated carbocycles. The number of hydrogen-bond acceptors (Lipinski definition) is 2. The third-order valence-corrected chi connectivity index (χ3v) is 4.09. The van der Waals surface area contributed by atoms with Crippen LogP contribution in [0.2, 0.25) is 10.0 Å². The molecule has 0 spiro atoms. The first-order chi connectivity index (χ1) is 9.11. The van der Waals surface area contributed by atoms with Crippen LogP contribution in [0.1, 0.15) is 5.56 Å². The molecule has 1 N–H and O–H groups in total. The molecule has 2 aromatic rings. The Morgan fingerprint density at radius 2 is 2.00 bits per heavy atom. The first-order valence-corrected chi connectivity index (χ1v) is 7.17. The van der Waals surface area contributed by atoms with Crippen molar-refractivity contribution in [1.29, 1.82) is 0 Å². The van der Waals surface area contributed by atoms with E-state index in [1.54, 1.807) is 13.2 Å². The predicted octanol–water partition coefficient (Wildman–Crippen LogP) is 5.38. The average molecular weight is 361 g/mol. The van der Waals surface area contributed by atoms with Crippen molar-refractivity contribution in [2.45, 2.75) is 6.54 Å². The van der Waals surface area contributed by atoms with Crippen LogP contribution in [0.5, 0.6) is 5.75 Å². The summed E-state index contributed by atoms with van der Waals surface area (Å²) in [4.78, 5) is 0. The summed E-state index contributed by atoms with van der Waals surface area (Å²) in [6, 6.07) is 11.4. The molecule has 2 aromatic carbocycles. The number of rotatable bonds is 4. The molecule has 0 bridgehead atoms. The number of methoxy groups -OCH3 is 1. The van der Waals surface area contributed by atoms with Crippen molar-refractivity contribution in [3.05, 3.63) is 56.5 Å². The van der Waals surface area contributed by atoms with Gasteiger partial charge in [-0.1, -0.05) is 35.3 Å². The topological polar surface area (TPSA) is 21.3 Å². The molecule has 0 aliphatic carbocycles. The lowest BCUT2D eigenvalue weighted by atomic mass is 10.2. The number of ether oxygens (including phenoxy) is 1. The van der Waals surface area contributed by atoms with Gasteiger partial charge in [0.1, 0.15) is 5.75 Å². The number of hydrogen-bond donors (Lipinski definition) is 1. The fourth-order valence-corrected chi connectivity index (χ4v) is 2.61. The normalized spacial score (nSPS) is 10.3. The Morgan fingerprint density at radius 1 is 1.21 bits per heavy atom. The van der Waals surface area contributed by atoms with Gasteiger partial charge in [-0.15, -0.1) is 0 Å². The van der Waals surface area contributed by atoms with Crippen molar-refractivity contribution in [3.63, 3.8) is 0 Å². The van der Waals surface area contributed by atoms with Gasteiger partial charge >= 0.3 is 0 Å². The predicted molar refractivity (Wildman–Crippen MR) is 84.5 cm³/mol. The van der Waals surface area contributed by atoms with Crippen molar-refractivity contribution in [3.8, 4) is 5.75 Å². The highest BCUT2D eigenvalue weighted by molar-refractivity contribution is 9.10. The molecule has 19 heavy (non-hydrogen) atoms. The van der Waals surface area contributed by atoms with Crippen molar-refractivity contribution in [2.24, 2.45) is 0 Å². The molecule has 5 heteroatoms. The van der Waals surface area contributed by atoms with Crippen LogP contribution in [0.4, 0.5) is 5.69 Å². The van der Waals surface area contributed by atoms with E-state index in [2.05, 4.69) is 21.2 Å². The lowest BCUT2D eigenvalue weighted by Crippen LogP contribution is -2.00. The molecule has 0 heterocycles. The monoisotopic (exact) mass is 359 g/mol. The summed E-state index contributed by atoms with van der Waals surface area (Å²) in [5, 5.41) is 4.34. The molecule has 0 unspecified atom stereocenters. The maximum atomic E-state index is 6.11. The Labute approximate surface area is 130 Å². The summed E-state index contributed by atoms with van der Waals surface area (Å²) in [5.41, 5.74) is 1.94. The molecule has 0 aliphatic heterocycles. The van der Waals surface area contributed by atoms with E-state index in [1.165, 1.54) is 0 Å². The summed E-state index contributed by atoms with van der Waals surface area (Å²) >= 11 is 15.5. The third-order valence-electron chi connectivity index (χ3n) is 2.65. The van der Waals surface area contributed by atoms with E-state index in [9.17, 15) is 0 Å². The smallest absolute Gasteiger partial charge is 0.133 e. The van der Waals surface area contributed by atoms with Crippen LogP contribution in [-0.4, -0.2) is 7.11 Å². The summed E-state index contributed by atoms with van der Waals surface area (Å²) in [7, 11) is 1.64. The van der Waals surface area contributed by atoms with E-state index < -0.39 is 0 Å². The Morgan fingerprint density at radius 3 is 2.68 bits per heavy atom. The molecule has 100 valence electrons. The van der Waals surface area contributed by atoms with Crippen molar-refractivity contribution in [2.75, 3.05) is 12.4 Å². The van der Waals surface area contributed by atoms with E-state index >= 15 is 0 Å². The van der Waals surface area contributed by atoms with E-state index in [0.717, 1.165) is 21.5 Å². The third kappa shape index (κ3) is 3.56. The van der Waals surface area contributed by atoms with Gasteiger partial charge in [0.05, 0.1) is 27.3 Å². The Balaban J connectivity index is 2.10. The van der Waals surface area contributed by atoms with Crippen LogP contribution in [0.3, 0.4) is 0 Å². The maximum Gasteiger partial charge on any atom is 0.133 e. The van der Waals surface area contributed by atoms with Crippen LogP contribution in [0.15, 0.2) is 40.9 Å². The molecular weight excluding hydrogens is 349 g/mol. The summed E-state index contributed by atoms with van der Waals surface area (Å²) in [5.74, 6) is 0.810. The zero-order valence-electron chi connectivity index (χ0n) is 10.2. The molecule has 0 amide bonds. The number of halogens is 3. The largest absolute Gasteiger partial charge is 0.496 e. The quantitative estimate of drug-likeness (QED) is 0.790. The van der Waals surface area contributed by atoms with Gasteiger partial charge in [-0.2, -0.15) is 0 Å². The lowest BCUT2D eigenvalue weighted by molar-refractivity contribution is 0.412. The van der Waals surface area contributed by atoms with E-state index in [1.807, 2.05) is 30.3 Å². The SMILES string of the molecule is COc1ccc(CNc2cccc(Cl)c2Cl)cc1Br. The fourth-order valence-electron chi connectivity index (χ4n) is 1.66. The van der Waals surface area contributed by atoms with Gasteiger partial charge in [0.15, 0.2) is 0 Å². The first-order valence-electron chi connectivity index (χ1n) is 5.62. The van der Waals surface area contributed by atoms with Gasteiger partial charge in [-0.3, -0.25) is 0 Å². The number of benzene rings is 2. The summed E-state index contributed by atoms with van der Waals surface area (Å²) in [6.45, 7) is 0.655. The zero-order chi connectivity index (χ0) is 13.8. The van der Waals surface area contributed by atoms with Gasteiger partial charge in [-0.25, -0.2) is 0 Å². The lowest BCUT2D eigenvalue weighted by Gasteiger charge is -2.10. The van der Waals surface area contributed by atoms with Crippen molar-refractivity contribution in [1.82, 2.24) is 0 Å². The van der Waals surface area contributed by atoms with Crippen molar-refractivity contribution < 1.29 is 4.74 Å². The average Bonchev–Trinajstić information content (AvgIpc) is 2.40. The number of nitrogens with one attached hydrogen (secondary N) is 1. The number of anilines is 1. The van der Waals surface area contributed by atoms with Crippen LogP contribution in [0.25, 0.3) is 0 Å². The fraction of sp³-hybridized carbons (Fsp3) is 0.143. The van der Waals surface area contributed by atoms with E-state index in [4.69, 9.17) is 27.9 Å². The second-order valence-electron chi connectivity index (χ2n) is 3.92. The molecule has 0 fully saturated rings. The van der Waals surface area contributed by atoms with Crippen LogP contribution in [-0.2, 0) is 6.54 Å². The second kappa shape index (κ2) is 6.51. The Kier molecular flexibility index (Phi) is 4.97. The highest BCUT2D eigenvalue weighted by atomic mass is 79.9. The minimum Gasteiger partial charge on any atom is -0.496 e. The van der Waals surface area contributed by atoms with Crippen molar-refractivity contribution >= 4 is 44.8 Å². The molecular formula is C14H12BrCl2NO. The maximum absolute atomic E-state index is 6.11. The Bertz CT molecular complexity index is 590. The minimum atomic E-state index is 0.539. The van der Waals surface area contributed by atoms with Crippen LogP contribution in [0, 0.1) is 0 Å². The molecule has 2 nitrogen and oxygen atoms in total. The van der Waals surface area contributed by atoms with E-state index in [-0.39, 0.29) is 0 Å². The molecule has 0 atom stereocenters. The van der Waals surface area contributed by atoms with Gasteiger partial charge in [-0.05, 0) is 45.8 Å². The van der Waals surface area contributed by atoms with Crippen LogP contribution < -0.4 is 10.1 Å². The van der Waals surface area contributed by atoms with Gasteiger partial charge < -0.3 is 10.1 Å². The van der Waals surface area contributed by atoms with E-state index in [0.29, 0.717) is 16.6 Å². The standard InChI is InChI=1S/C14H12BrCl2NO/c1-19-13-6-5-9(7-10(13)15)8-18-12-4-2-3-11(16)14(12)17/h2-7,18H,8H2,1H3. The first kappa shape index (κ1) is 14.5. The highest BCUT2D eigenvalue weighted by Crippen LogP contribution is 2.30. The zero-order valence-corrected chi connectivity index (χ0v) is 13.3. The van der Waals surface area contributed by atoms with Gasteiger partial charge in [0, 0.05) is 6.54 Å². The molecule has 0 aliphatic rings. The second-order valence-corrected chi connectivity index (χ2v) is 5.56. The minimum absolute atomic E-state index is 0.539. The van der Waals surface area contributed by atoms with Gasteiger partial charge in [0.2, 0.25) is 0 Å². The van der Waals surface area contributed by atoms with Crippen LogP contribution >= 0.6 is 39.1 Å². The molecule has 0 aromatic heterocycles. The molecule has 2 rings (SSSR count). The summed E-state index contributed by atoms with van der Waals surface area (Å²) < 4.78 is 6.11. The molecule has 0 saturated heterocycles. The molecule has 0 radical (unpaired) electrons. The van der Waals surface area contributed by atoms with Gasteiger partial charge in [0.25, 0.3) is 0 Å². The highest BCUT2D eigenvalue weighted by Gasteiger charge is 2.05. The summed E-state index contributed by atoms with van der Waals surface area (Å²) in [6.07, 6.45) is 0.